The number of carboxylic acids is 1. The molecule has 0 heterocycles. The molecule has 1 rings (SSSR count). The van der Waals surface area contributed by atoms with Crippen molar-refractivity contribution < 1.29 is 14.7 Å². The van der Waals surface area contributed by atoms with Crippen LogP contribution in [0.5, 0.6) is 0 Å². The van der Waals surface area contributed by atoms with Crippen molar-refractivity contribution in [2.75, 3.05) is 5.32 Å². The van der Waals surface area contributed by atoms with E-state index in [-0.39, 0.29) is 16.9 Å². The van der Waals surface area contributed by atoms with E-state index in [1.54, 1.807) is 6.07 Å². The molecule has 1 amide bonds. The Morgan fingerprint density at radius 1 is 1.37 bits per heavy atom. The quantitative estimate of drug-likeness (QED) is 0.794. The van der Waals surface area contributed by atoms with E-state index in [4.69, 9.17) is 10.8 Å². The van der Waals surface area contributed by atoms with E-state index in [0.29, 0.717) is 10.2 Å². The summed E-state index contributed by atoms with van der Waals surface area (Å²) < 4.78 is 0.604. The van der Waals surface area contributed by atoms with Crippen molar-refractivity contribution >= 4 is 33.5 Å². The molecular weight excluding hydrogens is 312 g/mol. The van der Waals surface area contributed by atoms with Crippen molar-refractivity contribution in [1.29, 1.82) is 0 Å². The lowest BCUT2D eigenvalue weighted by atomic mass is 9.87. The Morgan fingerprint density at radius 3 is 2.42 bits per heavy atom. The highest BCUT2D eigenvalue weighted by molar-refractivity contribution is 9.10. The molecule has 0 saturated carbocycles. The van der Waals surface area contributed by atoms with E-state index < -0.39 is 12.0 Å². The molecule has 0 bridgehead atoms. The third-order valence-electron chi connectivity index (χ3n) is 2.69. The highest BCUT2D eigenvalue weighted by atomic mass is 79.9. The van der Waals surface area contributed by atoms with Crippen LogP contribution >= 0.6 is 15.9 Å². The highest BCUT2D eigenvalue weighted by Gasteiger charge is 2.27. The molecule has 1 atom stereocenters. The fraction of sp³-hybridized carbons (Fsp3) is 0.385. The van der Waals surface area contributed by atoms with Gasteiger partial charge in [-0.3, -0.25) is 4.79 Å². The van der Waals surface area contributed by atoms with Gasteiger partial charge in [-0.15, -0.1) is 0 Å². The summed E-state index contributed by atoms with van der Waals surface area (Å²) in [7, 11) is 0. The summed E-state index contributed by atoms with van der Waals surface area (Å²) in [5.41, 5.74) is 5.97. The molecule has 19 heavy (non-hydrogen) atoms. The van der Waals surface area contributed by atoms with Crippen molar-refractivity contribution in [3.63, 3.8) is 0 Å². The predicted molar refractivity (Wildman–Crippen MR) is 77.2 cm³/mol. The van der Waals surface area contributed by atoms with Crippen molar-refractivity contribution in [1.82, 2.24) is 0 Å². The molecule has 0 saturated heterocycles. The molecule has 1 aromatic carbocycles. The van der Waals surface area contributed by atoms with Crippen molar-refractivity contribution in [2.45, 2.75) is 26.8 Å². The van der Waals surface area contributed by atoms with Gasteiger partial charge in [-0.2, -0.15) is 0 Å². The first-order valence-electron chi connectivity index (χ1n) is 5.72. The van der Waals surface area contributed by atoms with E-state index in [1.165, 1.54) is 12.1 Å². The summed E-state index contributed by atoms with van der Waals surface area (Å²) in [6, 6.07) is 3.72. The lowest BCUT2D eigenvalue weighted by molar-refractivity contribution is -0.119. The third-order valence-corrected chi connectivity index (χ3v) is 3.38. The predicted octanol–water partition coefficient (Wildman–Crippen LogP) is 2.46. The Bertz CT molecular complexity index is 509. The van der Waals surface area contributed by atoms with Gasteiger partial charge >= 0.3 is 5.97 Å². The largest absolute Gasteiger partial charge is 0.478 e. The second-order valence-electron chi connectivity index (χ2n) is 5.33. The number of halogens is 1. The van der Waals surface area contributed by atoms with Crippen LogP contribution in [-0.4, -0.2) is 23.0 Å². The zero-order chi connectivity index (χ0) is 14.8. The Hall–Kier alpha value is -1.40. The number of carbonyl (C=O) groups excluding carboxylic acids is 1. The van der Waals surface area contributed by atoms with Crippen molar-refractivity contribution in [2.24, 2.45) is 11.1 Å². The van der Waals surface area contributed by atoms with Crippen LogP contribution in [0, 0.1) is 5.41 Å². The maximum absolute atomic E-state index is 12.0. The topological polar surface area (TPSA) is 92.4 Å². The van der Waals surface area contributed by atoms with Crippen molar-refractivity contribution in [3.05, 3.63) is 28.2 Å². The van der Waals surface area contributed by atoms with Crippen LogP contribution in [0.2, 0.25) is 0 Å². The second kappa shape index (κ2) is 5.71. The zero-order valence-corrected chi connectivity index (χ0v) is 12.6. The summed E-state index contributed by atoms with van der Waals surface area (Å²) in [4.78, 5) is 22.9. The van der Waals surface area contributed by atoms with E-state index in [1.807, 2.05) is 20.8 Å². The first-order chi connectivity index (χ1) is 8.62. The van der Waals surface area contributed by atoms with Crippen molar-refractivity contribution in [3.8, 4) is 0 Å². The maximum Gasteiger partial charge on any atom is 0.335 e. The molecule has 0 unspecified atom stereocenters. The minimum absolute atomic E-state index is 0.0998. The number of benzene rings is 1. The minimum Gasteiger partial charge on any atom is -0.478 e. The lowest BCUT2D eigenvalue weighted by Gasteiger charge is -2.26. The maximum atomic E-state index is 12.0. The molecule has 6 heteroatoms. The van der Waals surface area contributed by atoms with Crippen LogP contribution in [0.3, 0.4) is 0 Å². The zero-order valence-electron chi connectivity index (χ0n) is 11.0. The number of hydrogen-bond acceptors (Lipinski definition) is 3. The van der Waals surface area contributed by atoms with Gasteiger partial charge in [0.05, 0.1) is 17.3 Å². The molecule has 0 aliphatic carbocycles. The van der Waals surface area contributed by atoms with Gasteiger partial charge in [0.2, 0.25) is 5.91 Å². The van der Waals surface area contributed by atoms with E-state index in [0.717, 1.165) is 0 Å². The van der Waals surface area contributed by atoms with Crippen LogP contribution < -0.4 is 11.1 Å². The van der Waals surface area contributed by atoms with E-state index in [9.17, 15) is 9.59 Å². The summed E-state index contributed by atoms with van der Waals surface area (Å²) in [6.07, 6.45) is 0. The summed E-state index contributed by atoms with van der Waals surface area (Å²) in [6.45, 7) is 5.58. The molecule has 1 aromatic rings. The molecule has 0 radical (unpaired) electrons. The van der Waals surface area contributed by atoms with Crippen LogP contribution in [0.25, 0.3) is 0 Å². The summed E-state index contributed by atoms with van der Waals surface area (Å²) in [5, 5.41) is 11.6. The number of hydrogen-bond donors (Lipinski definition) is 3. The Kier molecular flexibility index (Phi) is 4.70. The lowest BCUT2D eigenvalue weighted by Crippen LogP contribution is -2.45. The molecule has 0 aromatic heterocycles. The molecule has 0 spiro atoms. The number of carboxylic acid groups (broad SMARTS) is 1. The van der Waals surface area contributed by atoms with E-state index >= 15 is 0 Å². The molecule has 0 aliphatic rings. The summed E-state index contributed by atoms with van der Waals surface area (Å²) in [5.74, 6) is -1.40. The molecule has 5 nitrogen and oxygen atoms in total. The Morgan fingerprint density at radius 2 is 1.95 bits per heavy atom. The van der Waals surface area contributed by atoms with Gasteiger partial charge in [0.25, 0.3) is 0 Å². The number of amides is 1. The number of nitrogens with two attached hydrogens (primary N) is 1. The van der Waals surface area contributed by atoms with Gasteiger partial charge in [0.15, 0.2) is 0 Å². The monoisotopic (exact) mass is 328 g/mol. The molecule has 4 N–H and O–H groups in total. The molecule has 104 valence electrons. The third kappa shape index (κ3) is 4.04. The fourth-order valence-corrected chi connectivity index (χ4v) is 1.70. The number of nitrogens with one attached hydrogen (secondary N) is 1. The SMILES string of the molecule is CC(C)(C)[C@H](N)C(=O)Nc1cc(C(=O)O)ccc1Br. The Labute approximate surface area is 120 Å². The normalized spacial score (nSPS) is 12.9. The molecule has 0 fully saturated rings. The fourth-order valence-electron chi connectivity index (χ4n) is 1.36. The number of aromatic carboxylic acids is 1. The van der Waals surface area contributed by atoms with Gasteiger partial charge in [-0.05, 0) is 39.5 Å². The van der Waals surface area contributed by atoms with Crippen LogP contribution in [0.1, 0.15) is 31.1 Å². The first kappa shape index (κ1) is 15.7. The highest BCUT2D eigenvalue weighted by Crippen LogP contribution is 2.25. The first-order valence-corrected chi connectivity index (χ1v) is 6.51. The van der Waals surface area contributed by atoms with Crippen LogP contribution in [0.4, 0.5) is 5.69 Å². The van der Waals surface area contributed by atoms with E-state index in [2.05, 4.69) is 21.2 Å². The molecule has 0 aliphatic heterocycles. The van der Waals surface area contributed by atoms with Gasteiger partial charge in [0.1, 0.15) is 0 Å². The average Bonchev–Trinajstić information content (AvgIpc) is 2.29. The summed E-state index contributed by atoms with van der Waals surface area (Å²) >= 11 is 3.26. The number of rotatable bonds is 3. The second-order valence-corrected chi connectivity index (χ2v) is 6.19. The smallest absolute Gasteiger partial charge is 0.335 e. The van der Waals surface area contributed by atoms with Gasteiger partial charge < -0.3 is 16.2 Å². The van der Waals surface area contributed by atoms with Gasteiger partial charge in [0, 0.05) is 4.47 Å². The average molecular weight is 329 g/mol. The molecular formula is C13H17BrN2O3. The van der Waals surface area contributed by atoms with Gasteiger partial charge in [-0.25, -0.2) is 4.79 Å². The van der Waals surface area contributed by atoms with Gasteiger partial charge in [-0.1, -0.05) is 20.8 Å². The van der Waals surface area contributed by atoms with Crippen LogP contribution in [0.15, 0.2) is 22.7 Å². The number of anilines is 1. The standard InChI is InChI=1S/C13H17BrN2O3/c1-13(2,3)10(15)11(17)16-9-6-7(12(18)19)4-5-8(9)14/h4-6,10H,15H2,1-3H3,(H,16,17)(H,18,19)/t10-/m1/s1. The van der Waals surface area contributed by atoms with Crippen LogP contribution in [-0.2, 0) is 4.79 Å². The number of carbonyl (C=O) groups is 2. The Balaban J connectivity index is 2.96. The minimum atomic E-state index is -1.05.